The molecule has 0 spiro atoms. The number of hydrogen-bond acceptors (Lipinski definition) is 5. The maximum atomic E-state index is 13.0. The summed E-state index contributed by atoms with van der Waals surface area (Å²) < 4.78 is 12.5. The van der Waals surface area contributed by atoms with Crippen LogP contribution in [0.3, 0.4) is 0 Å². The van der Waals surface area contributed by atoms with Gasteiger partial charge in [0.05, 0.1) is 22.9 Å². The number of ether oxygens (including phenoxy) is 2. The summed E-state index contributed by atoms with van der Waals surface area (Å²) in [5.74, 6) is 0.485. The van der Waals surface area contributed by atoms with Gasteiger partial charge in [-0.25, -0.2) is 4.98 Å². The number of thiazole rings is 1. The maximum Gasteiger partial charge on any atom is 0.266 e. The summed E-state index contributed by atoms with van der Waals surface area (Å²) in [7, 11) is 0. The predicted octanol–water partition coefficient (Wildman–Crippen LogP) is 4.85. The van der Waals surface area contributed by atoms with E-state index in [-0.39, 0.29) is 18.6 Å². The SMILES string of the molecule is Cc1cc(OCC(=O)N(C[C@H]2CCCO2)c2nc3ccccc3s2)ccc1Cl. The van der Waals surface area contributed by atoms with Crippen LogP contribution in [0.2, 0.25) is 5.02 Å². The van der Waals surface area contributed by atoms with Crippen molar-refractivity contribution in [3.05, 3.63) is 53.1 Å². The number of nitrogens with zero attached hydrogens (tertiary/aromatic N) is 2. The first-order valence-electron chi connectivity index (χ1n) is 9.26. The van der Waals surface area contributed by atoms with E-state index in [1.54, 1.807) is 17.0 Å². The Hall–Kier alpha value is -2.15. The zero-order valence-electron chi connectivity index (χ0n) is 15.6. The van der Waals surface area contributed by atoms with Gasteiger partial charge < -0.3 is 9.47 Å². The van der Waals surface area contributed by atoms with Gasteiger partial charge in [-0.1, -0.05) is 35.1 Å². The number of hydrogen-bond donors (Lipinski definition) is 0. The molecule has 0 N–H and O–H groups in total. The quantitative estimate of drug-likeness (QED) is 0.576. The molecule has 1 fully saturated rings. The van der Waals surface area contributed by atoms with E-state index in [2.05, 4.69) is 4.98 Å². The molecule has 3 aromatic rings. The first-order chi connectivity index (χ1) is 13.6. The van der Waals surface area contributed by atoms with Crippen LogP contribution in [0.4, 0.5) is 5.13 Å². The molecule has 28 heavy (non-hydrogen) atoms. The minimum Gasteiger partial charge on any atom is -0.484 e. The van der Waals surface area contributed by atoms with Gasteiger partial charge in [0, 0.05) is 11.6 Å². The number of carbonyl (C=O) groups excluding carboxylic acids is 1. The van der Waals surface area contributed by atoms with Crippen molar-refractivity contribution in [2.75, 3.05) is 24.7 Å². The monoisotopic (exact) mass is 416 g/mol. The first kappa shape index (κ1) is 19.2. The van der Waals surface area contributed by atoms with Crippen LogP contribution < -0.4 is 9.64 Å². The number of carbonyl (C=O) groups is 1. The summed E-state index contributed by atoms with van der Waals surface area (Å²) in [6, 6.07) is 13.3. The Bertz CT molecular complexity index is 952. The molecule has 1 aliphatic rings. The fourth-order valence-corrected chi connectivity index (χ4v) is 4.29. The summed E-state index contributed by atoms with van der Waals surface area (Å²) in [5.41, 5.74) is 1.80. The number of halogens is 1. The van der Waals surface area contributed by atoms with Crippen LogP contribution in [0.25, 0.3) is 10.2 Å². The number of anilines is 1. The maximum absolute atomic E-state index is 13.0. The zero-order chi connectivity index (χ0) is 19.5. The van der Waals surface area contributed by atoms with E-state index in [0.717, 1.165) is 35.2 Å². The van der Waals surface area contributed by atoms with Crippen LogP contribution in [0.5, 0.6) is 5.75 Å². The Morgan fingerprint density at radius 2 is 2.21 bits per heavy atom. The number of benzene rings is 2. The van der Waals surface area contributed by atoms with Gasteiger partial charge in [0.15, 0.2) is 11.7 Å². The largest absolute Gasteiger partial charge is 0.484 e. The van der Waals surface area contributed by atoms with E-state index in [9.17, 15) is 4.79 Å². The molecule has 0 aliphatic carbocycles. The fraction of sp³-hybridized carbons (Fsp3) is 0.333. The molecule has 2 aromatic carbocycles. The Balaban J connectivity index is 1.53. The van der Waals surface area contributed by atoms with Crippen molar-refractivity contribution in [3.63, 3.8) is 0 Å². The third-order valence-electron chi connectivity index (χ3n) is 4.72. The van der Waals surface area contributed by atoms with Crippen LogP contribution in [0.15, 0.2) is 42.5 Å². The first-order valence-corrected chi connectivity index (χ1v) is 10.5. The number of aromatic nitrogens is 1. The fourth-order valence-electron chi connectivity index (χ4n) is 3.18. The van der Waals surface area contributed by atoms with E-state index in [0.29, 0.717) is 22.4 Å². The molecule has 1 amide bonds. The minimum atomic E-state index is -0.137. The normalized spacial score (nSPS) is 16.4. The lowest BCUT2D eigenvalue weighted by atomic mass is 10.2. The van der Waals surface area contributed by atoms with Gasteiger partial charge in [-0.2, -0.15) is 0 Å². The Kier molecular flexibility index (Phi) is 5.80. The molecule has 2 heterocycles. The Morgan fingerprint density at radius 3 is 2.96 bits per heavy atom. The van der Waals surface area contributed by atoms with E-state index >= 15 is 0 Å². The molecular formula is C21H21ClN2O3S. The van der Waals surface area contributed by atoms with Gasteiger partial charge in [-0.3, -0.25) is 9.69 Å². The second-order valence-electron chi connectivity index (χ2n) is 6.80. The van der Waals surface area contributed by atoms with Gasteiger partial charge in [-0.05, 0) is 55.7 Å². The van der Waals surface area contributed by atoms with Crippen LogP contribution in [-0.2, 0) is 9.53 Å². The molecule has 0 radical (unpaired) electrons. The number of amides is 1. The molecule has 1 aliphatic heterocycles. The van der Waals surface area contributed by atoms with Gasteiger partial charge in [0.2, 0.25) is 0 Å². The highest BCUT2D eigenvalue weighted by Gasteiger charge is 2.26. The van der Waals surface area contributed by atoms with Gasteiger partial charge >= 0.3 is 0 Å². The van der Waals surface area contributed by atoms with E-state index in [1.807, 2.05) is 37.3 Å². The van der Waals surface area contributed by atoms with Crippen molar-refractivity contribution in [1.29, 1.82) is 0 Å². The standard InChI is InChI=1S/C21H21ClN2O3S/c1-14-11-15(8-9-17(14)22)27-13-20(25)24(12-16-5-4-10-26-16)21-23-18-6-2-3-7-19(18)28-21/h2-3,6-9,11,16H,4-5,10,12-13H2,1H3/t16-/m1/s1. The highest BCUT2D eigenvalue weighted by molar-refractivity contribution is 7.22. The van der Waals surface area contributed by atoms with Gasteiger partial charge in [0.1, 0.15) is 5.75 Å². The van der Waals surface area contributed by atoms with Crippen LogP contribution >= 0.6 is 22.9 Å². The van der Waals surface area contributed by atoms with Crippen molar-refractivity contribution in [3.8, 4) is 5.75 Å². The Morgan fingerprint density at radius 1 is 1.36 bits per heavy atom. The minimum absolute atomic E-state index is 0.0359. The summed E-state index contributed by atoms with van der Waals surface area (Å²) in [6.07, 6.45) is 2.01. The second-order valence-corrected chi connectivity index (χ2v) is 8.22. The van der Waals surface area contributed by atoms with Crippen molar-refractivity contribution in [2.45, 2.75) is 25.9 Å². The second kappa shape index (κ2) is 8.47. The lowest BCUT2D eigenvalue weighted by Crippen LogP contribution is -2.40. The molecule has 7 heteroatoms. The molecule has 0 unspecified atom stereocenters. The average molecular weight is 417 g/mol. The summed E-state index contributed by atoms with van der Waals surface area (Å²) >= 11 is 7.56. The molecule has 4 rings (SSSR count). The molecule has 1 aromatic heterocycles. The third-order valence-corrected chi connectivity index (χ3v) is 6.20. The van der Waals surface area contributed by atoms with Crippen LogP contribution in [0.1, 0.15) is 18.4 Å². The molecule has 146 valence electrons. The zero-order valence-corrected chi connectivity index (χ0v) is 17.1. The topological polar surface area (TPSA) is 51.7 Å². The molecule has 1 saturated heterocycles. The smallest absolute Gasteiger partial charge is 0.266 e. The molecule has 1 atom stereocenters. The van der Waals surface area contributed by atoms with Crippen LogP contribution in [-0.4, -0.2) is 36.8 Å². The number of fused-ring (bicyclic) bond motifs is 1. The predicted molar refractivity (Wildman–Crippen MR) is 113 cm³/mol. The highest BCUT2D eigenvalue weighted by atomic mass is 35.5. The van der Waals surface area contributed by atoms with E-state index in [1.165, 1.54) is 11.3 Å². The van der Waals surface area contributed by atoms with E-state index in [4.69, 9.17) is 21.1 Å². The summed E-state index contributed by atoms with van der Waals surface area (Å²) in [5, 5.41) is 1.35. The summed E-state index contributed by atoms with van der Waals surface area (Å²) in [4.78, 5) is 19.4. The molecule has 0 saturated carbocycles. The molecule has 0 bridgehead atoms. The van der Waals surface area contributed by atoms with Crippen molar-refractivity contribution >= 4 is 44.2 Å². The lowest BCUT2D eigenvalue weighted by molar-refractivity contribution is -0.120. The van der Waals surface area contributed by atoms with Crippen molar-refractivity contribution < 1.29 is 14.3 Å². The molecule has 5 nitrogen and oxygen atoms in total. The van der Waals surface area contributed by atoms with Crippen molar-refractivity contribution in [1.82, 2.24) is 4.98 Å². The number of aryl methyl sites for hydroxylation is 1. The molecular weight excluding hydrogens is 396 g/mol. The van der Waals surface area contributed by atoms with E-state index < -0.39 is 0 Å². The van der Waals surface area contributed by atoms with Gasteiger partial charge in [-0.15, -0.1) is 0 Å². The Labute approximate surface area is 172 Å². The van der Waals surface area contributed by atoms with Gasteiger partial charge in [0.25, 0.3) is 5.91 Å². The average Bonchev–Trinajstić information content (AvgIpc) is 3.36. The van der Waals surface area contributed by atoms with Crippen molar-refractivity contribution in [2.24, 2.45) is 0 Å². The summed E-state index contributed by atoms with van der Waals surface area (Å²) in [6.45, 7) is 3.07. The highest BCUT2D eigenvalue weighted by Crippen LogP contribution is 2.30. The van der Waals surface area contributed by atoms with Crippen LogP contribution in [0, 0.1) is 6.92 Å². The lowest BCUT2D eigenvalue weighted by Gasteiger charge is -2.23. The number of rotatable bonds is 6. The number of para-hydroxylation sites is 1. The third kappa shape index (κ3) is 4.29.